The largest absolute Gasteiger partial charge is 0.416 e. The van der Waals surface area contributed by atoms with E-state index in [9.17, 15) is 13.2 Å². The monoisotopic (exact) mass is 283 g/mol. The Morgan fingerprint density at radius 3 is 2.70 bits per heavy atom. The Kier molecular flexibility index (Phi) is 4.13. The highest BCUT2D eigenvalue weighted by Crippen LogP contribution is 2.32. The summed E-state index contributed by atoms with van der Waals surface area (Å²) in [6.45, 7) is 4.56. The number of aromatic amines is 1. The van der Waals surface area contributed by atoms with Crippen molar-refractivity contribution in [2.75, 3.05) is 0 Å². The average molecular weight is 283 g/mol. The standard InChI is InChI=1S/C14H16F3N3/c1-9(2)18-7-11-8-19-20-13(11)10-4-3-5-12(6-10)14(15,16)17/h3-6,8-9,18H,7H2,1-2H3,(H,19,20). The molecule has 0 amide bonds. The second-order valence-electron chi connectivity index (χ2n) is 4.88. The van der Waals surface area contributed by atoms with Crippen LogP contribution in [0.15, 0.2) is 30.5 Å². The topological polar surface area (TPSA) is 40.7 Å². The first-order valence-corrected chi connectivity index (χ1v) is 6.31. The molecular weight excluding hydrogens is 267 g/mol. The van der Waals surface area contributed by atoms with Gasteiger partial charge in [0.05, 0.1) is 17.5 Å². The lowest BCUT2D eigenvalue weighted by atomic mass is 10.0. The summed E-state index contributed by atoms with van der Waals surface area (Å²) in [4.78, 5) is 0. The number of nitrogens with one attached hydrogen (secondary N) is 2. The van der Waals surface area contributed by atoms with Crippen LogP contribution in [0.3, 0.4) is 0 Å². The first-order chi connectivity index (χ1) is 9.38. The molecule has 0 bridgehead atoms. The van der Waals surface area contributed by atoms with E-state index in [0.29, 0.717) is 23.8 Å². The van der Waals surface area contributed by atoms with E-state index in [-0.39, 0.29) is 0 Å². The van der Waals surface area contributed by atoms with Gasteiger partial charge >= 0.3 is 6.18 Å². The molecule has 0 fully saturated rings. The van der Waals surface area contributed by atoms with Crippen LogP contribution in [0, 0.1) is 0 Å². The minimum absolute atomic E-state index is 0.291. The van der Waals surface area contributed by atoms with Crippen molar-refractivity contribution >= 4 is 0 Å². The van der Waals surface area contributed by atoms with E-state index in [2.05, 4.69) is 15.5 Å². The van der Waals surface area contributed by atoms with Crippen molar-refractivity contribution in [3.8, 4) is 11.3 Å². The van der Waals surface area contributed by atoms with Gasteiger partial charge in [-0.05, 0) is 12.1 Å². The summed E-state index contributed by atoms with van der Waals surface area (Å²) >= 11 is 0. The molecular formula is C14H16F3N3. The molecule has 1 aromatic carbocycles. The van der Waals surface area contributed by atoms with Gasteiger partial charge in [0.25, 0.3) is 0 Å². The Morgan fingerprint density at radius 1 is 1.30 bits per heavy atom. The van der Waals surface area contributed by atoms with Crippen molar-refractivity contribution in [2.24, 2.45) is 0 Å². The molecule has 6 heteroatoms. The van der Waals surface area contributed by atoms with Gasteiger partial charge in [0, 0.05) is 23.7 Å². The number of alkyl halides is 3. The van der Waals surface area contributed by atoms with Gasteiger partial charge in [0.15, 0.2) is 0 Å². The van der Waals surface area contributed by atoms with Crippen LogP contribution in [0.4, 0.5) is 13.2 Å². The van der Waals surface area contributed by atoms with Crippen molar-refractivity contribution in [1.82, 2.24) is 15.5 Å². The first kappa shape index (κ1) is 14.6. The van der Waals surface area contributed by atoms with Gasteiger partial charge < -0.3 is 5.32 Å². The number of benzene rings is 1. The highest BCUT2D eigenvalue weighted by Gasteiger charge is 2.30. The summed E-state index contributed by atoms with van der Waals surface area (Å²) in [5.41, 5.74) is 1.28. The second kappa shape index (κ2) is 5.66. The van der Waals surface area contributed by atoms with Crippen LogP contribution in [0.25, 0.3) is 11.3 Å². The van der Waals surface area contributed by atoms with E-state index >= 15 is 0 Å². The lowest BCUT2D eigenvalue weighted by molar-refractivity contribution is -0.137. The van der Waals surface area contributed by atoms with Crippen molar-refractivity contribution in [3.05, 3.63) is 41.6 Å². The molecule has 0 aliphatic heterocycles. The van der Waals surface area contributed by atoms with Gasteiger partial charge in [-0.1, -0.05) is 26.0 Å². The molecule has 0 aliphatic carbocycles. The molecule has 2 rings (SSSR count). The van der Waals surface area contributed by atoms with Crippen LogP contribution in [0.2, 0.25) is 0 Å². The highest BCUT2D eigenvalue weighted by molar-refractivity contribution is 5.63. The number of rotatable bonds is 4. The molecule has 1 aromatic heterocycles. The number of H-pyrrole nitrogens is 1. The van der Waals surface area contributed by atoms with E-state index in [1.165, 1.54) is 6.07 Å². The minimum Gasteiger partial charge on any atom is -0.310 e. The van der Waals surface area contributed by atoms with Crippen LogP contribution in [-0.2, 0) is 12.7 Å². The predicted molar refractivity (Wildman–Crippen MR) is 71.0 cm³/mol. The zero-order valence-corrected chi connectivity index (χ0v) is 11.3. The molecule has 0 saturated heterocycles. The molecule has 0 unspecified atom stereocenters. The summed E-state index contributed by atoms with van der Waals surface area (Å²) < 4.78 is 38.2. The third-order valence-corrected chi connectivity index (χ3v) is 2.90. The van der Waals surface area contributed by atoms with E-state index < -0.39 is 11.7 Å². The molecule has 3 nitrogen and oxygen atoms in total. The van der Waals surface area contributed by atoms with Gasteiger partial charge in [-0.15, -0.1) is 0 Å². The molecule has 1 heterocycles. The Labute approximate surface area is 115 Å². The van der Waals surface area contributed by atoms with Crippen molar-refractivity contribution in [2.45, 2.75) is 32.6 Å². The predicted octanol–water partition coefficient (Wildman–Crippen LogP) is 3.59. The maximum absolute atomic E-state index is 12.7. The summed E-state index contributed by atoms with van der Waals surface area (Å²) in [6, 6.07) is 5.53. The highest BCUT2D eigenvalue weighted by atomic mass is 19.4. The van der Waals surface area contributed by atoms with Crippen molar-refractivity contribution in [3.63, 3.8) is 0 Å². The zero-order valence-electron chi connectivity index (χ0n) is 11.3. The van der Waals surface area contributed by atoms with Crippen LogP contribution in [0.1, 0.15) is 25.0 Å². The maximum atomic E-state index is 12.7. The number of hydrogen-bond donors (Lipinski definition) is 2. The van der Waals surface area contributed by atoms with Gasteiger partial charge in [-0.3, -0.25) is 5.10 Å². The molecule has 2 N–H and O–H groups in total. The van der Waals surface area contributed by atoms with E-state index in [4.69, 9.17) is 0 Å². The van der Waals surface area contributed by atoms with Crippen LogP contribution >= 0.6 is 0 Å². The van der Waals surface area contributed by atoms with E-state index in [0.717, 1.165) is 17.7 Å². The fourth-order valence-electron chi connectivity index (χ4n) is 1.86. The summed E-state index contributed by atoms with van der Waals surface area (Å²) in [5, 5.41) is 9.91. The van der Waals surface area contributed by atoms with E-state index in [1.807, 2.05) is 13.8 Å². The lowest BCUT2D eigenvalue weighted by Gasteiger charge is -2.10. The summed E-state index contributed by atoms with van der Waals surface area (Å²) in [6.07, 6.45) is -2.71. The van der Waals surface area contributed by atoms with Gasteiger partial charge in [-0.2, -0.15) is 18.3 Å². The molecule has 108 valence electrons. The molecule has 0 aliphatic rings. The Balaban J connectivity index is 2.30. The number of nitrogens with zero attached hydrogens (tertiary/aromatic N) is 1. The van der Waals surface area contributed by atoms with Crippen LogP contribution in [0.5, 0.6) is 0 Å². The molecule has 0 atom stereocenters. The molecule has 0 radical (unpaired) electrons. The number of halogens is 3. The lowest BCUT2D eigenvalue weighted by Crippen LogP contribution is -2.21. The van der Waals surface area contributed by atoms with Crippen molar-refractivity contribution in [1.29, 1.82) is 0 Å². The van der Waals surface area contributed by atoms with Gasteiger partial charge in [0.1, 0.15) is 0 Å². The summed E-state index contributed by atoms with van der Waals surface area (Å²) in [7, 11) is 0. The zero-order chi connectivity index (χ0) is 14.8. The quantitative estimate of drug-likeness (QED) is 0.900. The van der Waals surface area contributed by atoms with Gasteiger partial charge in [-0.25, -0.2) is 0 Å². The fraction of sp³-hybridized carbons (Fsp3) is 0.357. The average Bonchev–Trinajstić information content (AvgIpc) is 2.83. The third kappa shape index (κ3) is 3.39. The molecule has 2 aromatic rings. The Morgan fingerprint density at radius 2 is 2.05 bits per heavy atom. The van der Waals surface area contributed by atoms with Crippen LogP contribution < -0.4 is 5.32 Å². The fourth-order valence-corrected chi connectivity index (χ4v) is 1.86. The number of hydrogen-bond acceptors (Lipinski definition) is 2. The Bertz CT molecular complexity index is 573. The normalized spacial score (nSPS) is 12.1. The first-order valence-electron chi connectivity index (χ1n) is 6.31. The molecule has 0 saturated carbocycles. The van der Waals surface area contributed by atoms with Crippen LogP contribution in [-0.4, -0.2) is 16.2 Å². The second-order valence-corrected chi connectivity index (χ2v) is 4.88. The molecule has 20 heavy (non-hydrogen) atoms. The van der Waals surface area contributed by atoms with Gasteiger partial charge in [0.2, 0.25) is 0 Å². The maximum Gasteiger partial charge on any atom is 0.416 e. The number of aromatic nitrogens is 2. The smallest absolute Gasteiger partial charge is 0.310 e. The van der Waals surface area contributed by atoms with Crippen molar-refractivity contribution < 1.29 is 13.2 Å². The van der Waals surface area contributed by atoms with E-state index in [1.54, 1.807) is 12.3 Å². The SMILES string of the molecule is CC(C)NCc1cn[nH]c1-c1cccc(C(F)(F)F)c1. The summed E-state index contributed by atoms with van der Waals surface area (Å²) in [5.74, 6) is 0. The Hall–Kier alpha value is -1.82. The molecule has 0 spiro atoms. The minimum atomic E-state index is -4.34. The third-order valence-electron chi connectivity index (χ3n) is 2.90.